The van der Waals surface area contributed by atoms with Crippen LogP contribution in [0.5, 0.6) is 0 Å². The Morgan fingerprint density at radius 3 is 2.50 bits per heavy atom. The molecule has 0 radical (unpaired) electrons. The van der Waals surface area contributed by atoms with E-state index in [-0.39, 0.29) is 17.6 Å². The molecule has 3 aromatic rings. The maximum absolute atomic E-state index is 13.1. The number of Topliss-reactive ketones (excluding diaryl/α,β-unsaturated/α-hetero) is 1. The van der Waals surface area contributed by atoms with Crippen LogP contribution >= 0.6 is 0 Å². The molecule has 198 valence electrons. The van der Waals surface area contributed by atoms with Gasteiger partial charge in [-0.05, 0) is 115 Å². The lowest BCUT2D eigenvalue weighted by molar-refractivity contribution is -0.142. The van der Waals surface area contributed by atoms with E-state index in [1.54, 1.807) is 0 Å². The molecule has 7 rings (SSSR count). The summed E-state index contributed by atoms with van der Waals surface area (Å²) in [5, 5.41) is 7.57. The van der Waals surface area contributed by atoms with Crippen molar-refractivity contribution in [3.05, 3.63) is 54.6 Å². The number of hydrogen-bond acceptors (Lipinski definition) is 3. The molecule has 4 heteroatoms. The minimum atomic E-state index is -0.342. The van der Waals surface area contributed by atoms with Crippen molar-refractivity contribution in [3.63, 3.8) is 0 Å². The summed E-state index contributed by atoms with van der Waals surface area (Å²) in [6, 6.07) is 18.7. The zero-order chi connectivity index (χ0) is 26.1. The van der Waals surface area contributed by atoms with Gasteiger partial charge < -0.3 is 4.74 Å². The SMILES string of the molecule is C[C@]12CC[C@@H](OC(=O)Nc3cccc4cc5ccccc5cc34)C[C@@H]1CC[C@@H]1[C@@H]2CC[C@]2(C)C(=O)CC[C@@H]12. The van der Waals surface area contributed by atoms with Crippen molar-refractivity contribution < 1.29 is 14.3 Å². The van der Waals surface area contributed by atoms with E-state index < -0.39 is 0 Å². The molecule has 0 spiro atoms. The van der Waals surface area contributed by atoms with Crippen molar-refractivity contribution in [2.24, 2.45) is 34.5 Å². The summed E-state index contributed by atoms with van der Waals surface area (Å²) in [5.74, 6) is 3.12. The molecule has 4 aliphatic rings. The molecule has 0 saturated heterocycles. The lowest BCUT2D eigenvalue weighted by Crippen LogP contribution is -2.54. The minimum Gasteiger partial charge on any atom is -0.446 e. The van der Waals surface area contributed by atoms with Crippen molar-refractivity contribution in [2.75, 3.05) is 5.32 Å². The van der Waals surface area contributed by atoms with Gasteiger partial charge in [0, 0.05) is 17.2 Å². The molecule has 38 heavy (non-hydrogen) atoms. The number of anilines is 1. The van der Waals surface area contributed by atoms with Gasteiger partial charge in [0.1, 0.15) is 11.9 Å². The van der Waals surface area contributed by atoms with Crippen LogP contribution in [0.1, 0.15) is 71.6 Å². The van der Waals surface area contributed by atoms with Crippen LogP contribution in [0.2, 0.25) is 0 Å². The zero-order valence-corrected chi connectivity index (χ0v) is 22.7. The Kier molecular flexibility index (Phi) is 5.62. The smallest absolute Gasteiger partial charge is 0.411 e. The number of amides is 1. The van der Waals surface area contributed by atoms with Crippen molar-refractivity contribution in [1.29, 1.82) is 0 Å². The lowest BCUT2D eigenvalue weighted by atomic mass is 9.45. The molecule has 4 saturated carbocycles. The first-order valence-corrected chi connectivity index (χ1v) is 14.8. The van der Waals surface area contributed by atoms with E-state index in [4.69, 9.17) is 4.74 Å². The molecule has 1 N–H and O–H groups in total. The van der Waals surface area contributed by atoms with E-state index in [1.165, 1.54) is 24.6 Å². The van der Waals surface area contributed by atoms with Crippen LogP contribution in [-0.4, -0.2) is 18.0 Å². The maximum Gasteiger partial charge on any atom is 0.411 e. The predicted molar refractivity (Wildman–Crippen MR) is 152 cm³/mol. The summed E-state index contributed by atoms with van der Waals surface area (Å²) >= 11 is 0. The summed E-state index contributed by atoms with van der Waals surface area (Å²) in [5.41, 5.74) is 1.05. The second-order valence-electron chi connectivity index (χ2n) is 13.2. The van der Waals surface area contributed by atoms with Crippen molar-refractivity contribution >= 4 is 39.1 Å². The number of ketones is 1. The monoisotopic (exact) mass is 509 g/mol. The quantitative estimate of drug-likeness (QED) is 0.352. The van der Waals surface area contributed by atoms with E-state index in [9.17, 15) is 9.59 Å². The largest absolute Gasteiger partial charge is 0.446 e. The molecule has 0 aromatic heterocycles. The summed E-state index contributed by atoms with van der Waals surface area (Å²) < 4.78 is 6.07. The second kappa shape index (κ2) is 8.83. The third-order valence-corrected chi connectivity index (χ3v) is 11.6. The van der Waals surface area contributed by atoms with Gasteiger partial charge in [-0.15, -0.1) is 0 Å². The molecule has 4 aliphatic carbocycles. The normalized spacial score (nSPS) is 36.4. The number of carbonyl (C=O) groups excluding carboxylic acids is 2. The molecule has 1 amide bonds. The fraction of sp³-hybridized carbons (Fsp3) is 0.529. The van der Waals surface area contributed by atoms with Crippen LogP contribution in [0.25, 0.3) is 21.5 Å². The van der Waals surface area contributed by atoms with E-state index in [1.807, 2.05) is 18.2 Å². The Morgan fingerprint density at radius 2 is 1.66 bits per heavy atom. The lowest BCUT2D eigenvalue weighted by Gasteiger charge is -2.60. The van der Waals surface area contributed by atoms with Crippen LogP contribution < -0.4 is 5.32 Å². The molecule has 0 unspecified atom stereocenters. The fourth-order valence-corrected chi connectivity index (χ4v) is 9.46. The minimum absolute atomic E-state index is 0.0256. The number of ether oxygens (including phenoxy) is 1. The highest BCUT2D eigenvalue weighted by atomic mass is 16.6. The Hall–Kier alpha value is -2.88. The molecule has 0 aliphatic heterocycles. The van der Waals surface area contributed by atoms with Crippen LogP contribution in [0.3, 0.4) is 0 Å². The average molecular weight is 510 g/mol. The summed E-state index contributed by atoms with van der Waals surface area (Å²) in [6.45, 7) is 4.78. The molecule has 4 fully saturated rings. The van der Waals surface area contributed by atoms with Gasteiger partial charge in [-0.3, -0.25) is 10.1 Å². The van der Waals surface area contributed by atoms with E-state index in [0.717, 1.165) is 60.4 Å². The summed E-state index contributed by atoms with van der Waals surface area (Å²) in [7, 11) is 0. The first-order chi connectivity index (χ1) is 18.3. The first kappa shape index (κ1) is 24.2. The molecule has 3 aromatic carbocycles. The van der Waals surface area contributed by atoms with Gasteiger partial charge in [0.25, 0.3) is 0 Å². The summed E-state index contributed by atoms with van der Waals surface area (Å²) in [6.07, 6.45) is 9.26. The topological polar surface area (TPSA) is 55.4 Å². The highest BCUT2D eigenvalue weighted by molar-refractivity contribution is 6.06. The number of rotatable bonds is 2. The molecular weight excluding hydrogens is 470 g/mol. The highest BCUT2D eigenvalue weighted by Gasteiger charge is 2.60. The Bertz CT molecular complexity index is 1430. The van der Waals surface area contributed by atoms with Crippen molar-refractivity contribution in [3.8, 4) is 0 Å². The number of nitrogens with one attached hydrogen (secondary N) is 1. The number of hydrogen-bond donors (Lipinski definition) is 1. The van der Waals surface area contributed by atoms with Gasteiger partial charge >= 0.3 is 6.09 Å². The second-order valence-corrected chi connectivity index (χ2v) is 13.2. The summed E-state index contributed by atoms with van der Waals surface area (Å²) in [4.78, 5) is 25.8. The predicted octanol–water partition coefficient (Wildman–Crippen LogP) is 8.52. The van der Waals surface area contributed by atoms with Gasteiger partial charge in [0.2, 0.25) is 0 Å². The average Bonchev–Trinajstić information content (AvgIpc) is 3.22. The molecule has 0 heterocycles. The maximum atomic E-state index is 13.1. The third kappa shape index (κ3) is 3.70. The number of fused-ring (bicyclic) bond motifs is 7. The van der Waals surface area contributed by atoms with Crippen LogP contribution in [0, 0.1) is 34.5 Å². The molecule has 7 atom stereocenters. The third-order valence-electron chi connectivity index (χ3n) is 11.6. The number of benzene rings is 3. The van der Waals surface area contributed by atoms with Crippen LogP contribution in [-0.2, 0) is 9.53 Å². The zero-order valence-electron chi connectivity index (χ0n) is 22.7. The van der Waals surface area contributed by atoms with Gasteiger partial charge in [-0.2, -0.15) is 0 Å². The van der Waals surface area contributed by atoms with Crippen LogP contribution in [0.15, 0.2) is 54.6 Å². The molecular formula is C34H39NO3. The fourth-order valence-electron chi connectivity index (χ4n) is 9.46. The first-order valence-electron chi connectivity index (χ1n) is 14.8. The van der Waals surface area contributed by atoms with Gasteiger partial charge in [0.05, 0.1) is 5.69 Å². The standard InChI is InChI=1S/C34H39NO3/c1-33-16-14-25(20-24(33)10-11-26-28-12-13-31(36)34(28,2)17-15-29(26)33)38-32(37)35-30-9-5-8-23-18-21-6-3-4-7-22(21)19-27(23)30/h3-9,18-19,24-26,28-29H,10-17,20H2,1-2H3,(H,35,37)/t24-,25+,26-,28-,29-,33-,34-/m0/s1. The van der Waals surface area contributed by atoms with Gasteiger partial charge in [-0.1, -0.05) is 50.2 Å². The van der Waals surface area contributed by atoms with Crippen LogP contribution in [0.4, 0.5) is 10.5 Å². The molecule has 4 nitrogen and oxygen atoms in total. The Labute approximate surface area is 225 Å². The van der Waals surface area contributed by atoms with E-state index >= 15 is 0 Å². The molecule has 0 bridgehead atoms. The Balaban J connectivity index is 1.04. The van der Waals surface area contributed by atoms with Gasteiger partial charge in [-0.25, -0.2) is 4.79 Å². The Morgan fingerprint density at radius 1 is 0.868 bits per heavy atom. The van der Waals surface area contributed by atoms with E-state index in [0.29, 0.717) is 34.9 Å². The number of carbonyl (C=O) groups is 2. The van der Waals surface area contributed by atoms with Crippen molar-refractivity contribution in [2.45, 2.75) is 77.7 Å². The highest BCUT2D eigenvalue weighted by Crippen LogP contribution is 2.65. The van der Waals surface area contributed by atoms with Gasteiger partial charge in [0.15, 0.2) is 0 Å². The van der Waals surface area contributed by atoms with E-state index in [2.05, 4.69) is 55.6 Å². The van der Waals surface area contributed by atoms with Crippen molar-refractivity contribution in [1.82, 2.24) is 0 Å².